The van der Waals surface area contributed by atoms with Gasteiger partial charge < -0.3 is 5.32 Å². The number of nitrogens with one attached hydrogen (secondary N) is 1. The molecule has 0 aliphatic heterocycles. The summed E-state index contributed by atoms with van der Waals surface area (Å²) in [4.78, 5) is 4.36. The summed E-state index contributed by atoms with van der Waals surface area (Å²) in [7, 11) is 0. The van der Waals surface area contributed by atoms with Gasteiger partial charge in [-0.3, -0.25) is 0 Å². The van der Waals surface area contributed by atoms with Crippen LogP contribution in [0.5, 0.6) is 0 Å². The maximum absolute atomic E-state index is 6.01. The number of benzene rings is 1. The fourth-order valence-electron chi connectivity index (χ4n) is 2.03. The van der Waals surface area contributed by atoms with Crippen LogP contribution in [-0.4, -0.2) is 14.6 Å². The molecule has 0 aliphatic carbocycles. The average Bonchev–Trinajstić information content (AvgIpc) is 2.88. The van der Waals surface area contributed by atoms with E-state index in [1.54, 1.807) is 16.9 Å². The summed E-state index contributed by atoms with van der Waals surface area (Å²) in [6.45, 7) is 2.08. The van der Waals surface area contributed by atoms with Gasteiger partial charge in [-0.25, -0.2) is 9.50 Å². The first-order valence-corrected chi connectivity index (χ1v) is 6.42. The van der Waals surface area contributed by atoms with E-state index in [2.05, 4.69) is 22.3 Å². The topological polar surface area (TPSA) is 42.2 Å². The highest BCUT2D eigenvalue weighted by atomic mass is 35.5. The Kier molecular flexibility index (Phi) is 3.09. The molecule has 0 spiro atoms. The molecular weight excluding hydrogens is 260 g/mol. The van der Waals surface area contributed by atoms with Crippen molar-refractivity contribution < 1.29 is 0 Å². The molecule has 3 rings (SSSR count). The third kappa shape index (κ3) is 2.39. The Morgan fingerprint density at radius 2 is 2.16 bits per heavy atom. The number of aromatic nitrogens is 3. The highest BCUT2D eigenvalue weighted by Crippen LogP contribution is 2.22. The van der Waals surface area contributed by atoms with Gasteiger partial charge in [0.25, 0.3) is 0 Å². The minimum atomic E-state index is 0.118. The molecule has 0 aliphatic rings. The quantitative estimate of drug-likeness (QED) is 0.793. The Balaban J connectivity index is 1.90. The van der Waals surface area contributed by atoms with Gasteiger partial charge >= 0.3 is 0 Å². The second-order valence-electron chi connectivity index (χ2n) is 4.36. The summed E-state index contributed by atoms with van der Waals surface area (Å²) in [5.41, 5.74) is 2.08. The predicted molar refractivity (Wildman–Crippen MR) is 76.5 cm³/mol. The predicted octanol–water partition coefficient (Wildman–Crippen LogP) is 3.56. The molecule has 0 amide bonds. The average molecular weight is 273 g/mol. The minimum absolute atomic E-state index is 0.118. The third-order valence-electron chi connectivity index (χ3n) is 3.03. The molecule has 96 valence electrons. The van der Waals surface area contributed by atoms with Crippen molar-refractivity contribution in [3.63, 3.8) is 0 Å². The van der Waals surface area contributed by atoms with Crippen molar-refractivity contribution >= 4 is 22.9 Å². The molecule has 2 aromatic heterocycles. The molecule has 4 nitrogen and oxygen atoms in total. The number of fused-ring (bicyclic) bond motifs is 1. The number of anilines is 1. The monoisotopic (exact) mass is 272 g/mol. The second-order valence-corrected chi connectivity index (χ2v) is 4.79. The van der Waals surface area contributed by atoms with Gasteiger partial charge in [0, 0.05) is 17.4 Å². The van der Waals surface area contributed by atoms with Crippen LogP contribution in [0.3, 0.4) is 0 Å². The maximum Gasteiger partial charge on any atom is 0.152 e. The number of halogens is 1. The van der Waals surface area contributed by atoms with Crippen molar-refractivity contribution in [1.82, 2.24) is 14.6 Å². The second kappa shape index (κ2) is 4.90. The molecule has 1 atom stereocenters. The van der Waals surface area contributed by atoms with Gasteiger partial charge in [0.1, 0.15) is 5.52 Å². The Morgan fingerprint density at radius 3 is 3.00 bits per heavy atom. The lowest BCUT2D eigenvalue weighted by Crippen LogP contribution is -2.09. The highest BCUT2D eigenvalue weighted by molar-refractivity contribution is 6.30. The summed E-state index contributed by atoms with van der Waals surface area (Å²) in [5.74, 6) is 0.812. The van der Waals surface area contributed by atoms with Crippen LogP contribution in [-0.2, 0) is 0 Å². The van der Waals surface area contributed by atoms with E-state index in [0.717, 1.165) is 21.9 Å². The first kappa shape index (κ1) is 12.0. The lowest BCUT2D eigenvalue weighted by molar-refractivity contribution is 0.867. The van der Waals surface area contributed by atoms with Gasteiger partial charge in [-0.15, -0.1) is 0 Å². The zero-order chi connectivity index (χ0) is 13.2. The Hall–Kier alpha value is -2.07. The van der Waals surface area contributed by atoms with E-state index >= 15 is 0 Å². The van der Waals surface area contributed by atoms with E-state index < -0.39 is 0 Å². The van der Waals surface area contributed by atoms with E-state index in [4.69, 9.17) is 11.6 Å². The molecule has 19 heavy (non-hydrogen) atoms. The van der Waals surface area contributed by atoms with Crippen LogP contribution in [0.25, 0.3) is 5.52 Å². The molecule has 1 unspecified atom stereocenters. The van der Waals surface area contributed by atoms with Gasteiger partial charge in [-0.1, -0.05) is 23.7 Å². The first-order chi connectivity index (χ1) is 9.24. The molecule has 2 heterocycles. The van der Waals surface area contributed by atoms with Crippen LogP contribution in [0.1, 0.15) is 18.5 Å². The van der Waals surface area contributed by atoms with Crippen LogP contribution in [0, 0.1) is 0 Å². The van der Waals surface area contributed by atoms with Crippen molar-refractivity contribution in [2.24, 2.45) is 0 Å². The van der Waals surface area contributed by atoms with Gasteiger partial charge in [0.15, 0.2) is 5.82 Å². The zero-order valence-electron chi connectivity index (χ0n) is 10.4. The number of nitrogens with zero attached hydrogens (tertiary/aromatic N) is 3. The van der Waals surface area contributed by atoms with Crippen molar-refractivity contribution in [2.45, 2.75) is 13.0 Å². The molecule has 0 saturated heterocycles. The summed E-state index contributed by atoms with van der Waals surface area (Å²) < 4.78 is 1.79. The normalized spacial score (nSPS) is 12.5. The Labute approximate surface area is 116 Å². The third-order valence-corrected chi connectivity index (χ3v) is 3.26. The molecule has 1 N–H and O–H groups in total. The van der Waals surface area contributed by atoms with Crippen LogP contribution < -0.4 is 5.32 Å². The number of hydrogen-bond donors (Lipinski definition) is 1. The number of hydrogen-bond acceptors (Lipinski definition) is 3. The Morgan fingerprint density at radius 1 is 1.26 bits per heavy atom. The van der Waals surface area contributed by atoms with Gasteiger partial charge in [-0.05, 0) is 30.7 Å². The van der Waals surface area contributed by atoms with Crippen LogP contribution in [0.15, 0.2) is 48.9 Å². The van der Waals surface area contributed by atoms with Crippen LogP contribution in [0.2, 0.25) is 5.02 Å². The lowest BCUT2D eigenvalue weighted by atomic mass is 10.1. The van der Waals surface area contributed by atoms with Crippen molar-refractivity contribution in [3.8, 4) is 0 Å². The lowest BCUT2D eigenvalue weighted by Gasteiger charge is -2.15. The molecule has 3 aromatic rings. The minimum Gasteiger partial charge on any atom is -0.362 e. The molecule has 0 fully saturated rings. The van der Waals surface area contributed by atoms with Gasteiger partial charge in [0.2, 0.25) is 0 Å². The zero-order valence-corrected chi connectivity index (χ0v) is 11.2. The van der Waals surface area contributed by atoms with Crippen LogP contribution >= 0.6 is 11.6 Å². The van der Waals surface area contributed by atoms with E-state index in [0.29, 0.717) is 0 Å². The van der Waals surface area contributed by atoms with Gasteiger partial charge in [-0.2, -0.15) is 5.10 Å². The molecule has 5 heteroatoms. The fourth-order valence-corrected chi connectivity index (χ4v) is 2.23. The molecule has 1 aromatic carbocycles. The van der Waals surface area contributed by atoms with E-state index in [9.17, 15) is 0 Å². The summed E-state index contributed by atoms with van der Waals surface area (Å²) in [6.07, 6.45) is 5.31. The first-order valence-electron chi connectivity index (χ1n) is 6.04. The van der Waals surface area contributed by atoms with Crippen LogP contribution in [0.4, 0.5) is 5.82 Å². The van der Waals surface area contributed by atoms with Crippen molar-refractivity contribution in [3.05, 3.63) is 59.5 Å². The summed E-state index contributed by atoms with van der Waals surface area (Å²) in [5, 5.41) is 8.31. The molecule has 0 bridgehead atoms. The highest BCUT2D eigenvalue weighted by Gasteiger charge is 2.09. The molecule has 0 radical (unpaired) electrons. The summed E-state index contributed by atoms with van der Waals surface area (Å²) >= 11 is 6.01. The maximum atomic E-state index is 6.01. The summed E-state index contributed by atoms with van der Waals surface area (Å²) in [6, 6.07) is 9.86. The van der Waals surface area contributed by atoms with E-state index in [-0.39, 0.29) is 6.04 Å². The van der Waals surface area contributed by atoms with Gasteiger partial charge in [0.05, 0.1) is 12.2 Å². The molecule has 0 saturated carbocycles. The van der Waals surface area contributed by atoms with E-state index in [1.165, 1.54) is 0 Å². The fraction of sp³-hybridized carbons (Fsp3) is 0.143. The SMILES string of the molecule is CC(Nc1nccn2nccc12)c1cccc(Cl)c1. The smallest absolute Gasteiger partial charge is 0.152 e. The van der Waals surface area contributed by atoms with Crippen molar-refractivity contribution in [1.29, 1.82) is 0 Å². The van der Waals surface area contributed by atoms with E-state index in [1.807, 2.05) is 36.5 Å². The number of rotatable bonds is 3. The molecular formula is C14H13ClN4. The Bertz CT molecular complexity index is 707. The standard InChI is InChI=1S/C14H13ClN4/c1-10(11-3-2-4-12(15)9-11)18-14-13-5-6-17-19(13)8-7-16-14/h2-10H,1H3,(H,16,18). The van der Waals surface area contributed by atoms with Crippen molar-refractivity contribution in [2.75, 3.05) is 5.32 Å². The largest absolute Gasteiger partial charge is 0.362 e.